The highest BCUT2D eigenvalue weighted by Crippen LogP contribution is 2.17. The molecule has 1 aliphatic heterocycles. The number of benzene rings is 1. The summed E-state index contributed by atoms with van der Waals surface area (Å²) in [6, 6.07) is 6.93. The Balaban J connectivity index is 1.67. The fraction of sp³-hybridized carbons (Fsp3) is 0.632. The second-order valence-electron chi connectivity index (χ2n) is 8.02. The number of hydrogen-bond donors (Lipinski definition) is 2. The van der Waals surface area contributed by atoms with Crippen LogP contribution in [0.4, 0.5) is 0 Å². The molecule has 1 aliphatic rings. The summed E-state index contributed by atoms with van der Waals surface area (Å²) >= 11 is 5.92. The number of piperidine rings is 1. The minimum atomic E-state index is -3.29. The molecule has 0 saturated carbocycles. The third-order valence-electron chi connectivity index (χ3n) is 4.87. The normalized spacial score (nSPS) is 17.0. The first-order valence-corrected chi connectivity index (χ1v) is 11.2. The van der Waals surface area contributed by atoms with Gasteiger partial charge in [-0.05, 0) is 70.8 Å². The maximum atomic E-state index is 12.2. The van der Waals surface area contributed by atoms with Crippen LogP contribution in [0, 0.1) is 5.92 Å². The van der Waals surface area contributed by atoms with E-state index in [0.717, 1.165) is 25.9 Å². The van der Waals surface area contributed by atoms with Gasteiger partial charge in [0.25, 0.3) is 5.91 Å². The van der Waals surface area contributed by atoms with Crippen LogP contribution in [0.5, 0.6) is 0 Å². The second kappa shape index (κ2) is 9.37. The Morgan fingerprint density at radius 3 is 2.52 bits per heavy atom. The molecule has 0 aromatic heterocycles. The van der Waals surface area contributed by atoms with E-state index >= 15 is 0 Å². The van der Waals surface area contributed by atoms with Gasteiger partial charge in [0.05, 0.1) is 4.75 Å². The Morgan fingerprint density at radius 2 is 1.93 bits per heavy atom. The molecule has 27 heavy (non-hydrogen) atoms. The minimum absolute atomic E-state index is 0.100. The molecule has 152 valence electrons. The van der Waals surface area contributed by atoms with Crippen molar-refractivity contribution in [3.63, 3.8) is 0 Å². The van der Waals surface area contributed by atoms with Crippen molar-refractivity contribution in [3.8, 4) is 0 Å². The summed E-state index contributed by atoms with van der Waals surface area (Å²) in [5.41, 5.74) is 0.575. The van der Waals surface area contributed by atoms with E-state index in [-0.39, 0.29) is 5.91 Å². The molecule has 1 fully saturated rings. The zero-order valence-corrected chi connectivity index (χ0v) is 17.9. The van der Waals surface area contributed by atoms with Crippen molar-refractivity contribution in [1.29, 1.82) is 0 Å². The van der Waals surface area contributed by atoms with Crippen molar-refractivity contribution in [2.24, 2.45) is 5.92 Å². The monoisotopic (exact) mass is 415 g/mol. The molecule has 2 rings (SSSR count). The van der Waals surface area contributed by atoms with Gasteiger partial charge in [-0.3, -0.25) is 4.79 Å². The zero-order chi connectivity index (χ0) is 20.1. The van der Waals surface area contributed by atoms with E-state index in [1.165, 1.54) is 0 Å². The molecule has 6 nitrogen and oxygen atoms in total. The van der Waals surface area contributed by atoms with E-state index in [1.807, 2.05) is 0 Å². The van der Waals surface area contributed by atoms with Crippen LogP contribution in [0.2, 0.25) is 5.02 Å². The second-order valence-corrected chi connectivity index (χ2v) is 11.0. The van der Waals surface area contributed by atoms with E-state index in [4.69, 9.17) is 11.6 Å². The molecular weight excluding hydrogens is 386 g/mol. The quantitative estimate of drug-likeness (QED) is 0.717. The third kappa shape index (κ3) is 6.75. The lowest BCUT2D eigenvalue weighted by molar-refractivity contribution is 0.0936. The van der Waals surface area contributed by atoms with E-state index in [0.29, 0.717) is 36.1 Å². The van der Waals surface area contributed by atoms with Crippen LogP contribution < -0.4 is 10.0 Å². The average Bonchev–Trinajstić information content (AvgIpc) is 2.59. The molecule has 0 radical (unpaired) electrons. The van der Waals surface area contributed by atoms with Gasteiger partial charge in [0, 0.05) is 30.2 Å². The molecule has 1 heterocycles. The molecule has 0 unspecified atom stereocenters. The predicted octanol–water partition coefficient (Wildman–Crippen LogP) is 2.50. The largest absolute Gasteiger partial charge is 0.352 e. The Morgan fingerprint density at radius 1 is 1.26 bits per heavy atom. The maximum Gasteiger partial charge on any atom is 0.251 e. The van der Waals surface area contributed by atoms with Gasteiger partial charge in [-0.2, -0.15) is 0 Å². The number of nitrogens with zero attached hydrogens (tertiary/aromatic N) is 1. The number of hydrogen-bond acceptors (Lipinski definition) is 4. The number of rotatable bonds is 7. The highest BCUT2D eigenvalue weighted by molar-refractivity contribution is 7.90. The Hall–Kier alpha value is -1.15. The van der Waals surface area contributed by atoms with Gasteiger partial charge in [-0.15, -0.1) is 0 Å². The fourth-order valence-corrected chi connectivity index (χ4v) is 3.92. The highest BCUT2D eigenvalue weighted by Gasteiger charge is 2.28. The van der Waals surface area contributed by atoms with Crippen LogP contribution in [0.1, 0.15) is 44.0 Å². The first kappa shape index (κ1) is 22.1. The average molecular weight is 416 g/mol. The van der Waals surface area contributed by atoms with E-state index in [2.05, 4.69) is 14.9 Å². The van der Waals surface area contributed by atoms with Crippen molar-refractivity contribution in [1.82, 2.24) is 14.9 Å². The number of carbonyl (C=O) groups is 1. The van der Waals surface area contributed by atoms with E-state index in [1.54, 1.807) is 45.0 Å². The first-order valence-electron chi connectivity index (χ1n) is 9.34. The summed E-state index contributed by atoms with van der Waals surface area (Å²) in [4.78, 5) is 14.4. The molecule has 0 bridgehead atoms. The smallest absolute Gasteiger partial charge is 0.251 e. The van der Waals surface area contributed by atoms with Crippen molar-refractivity contribution in [2.45, 2.75) is 38.4 Å². The van der Waals surface area contributed by atoms with Gasteiger partial charge in [0.1, 0.15) is 0 Å². The van der Waals surface area contributed by atoms with Crippen molar-refractivity contribution in [2.75, 3.05) is 32.7 Å². The molecule has 1 aromatic rings. The third-order valence-corrected chi connectivity index (χ3v) is 7.30. The van der Waals surface area contributed by atoms with Crippen LogP contribution >= 0.6 is 11.6 Å². The summed E-state index contributed by atoms with van der Waals surface area (Å²) in [5.74, 6) is 0.340. The molecule has 1 saturated heterocycles. The lowest BCUT2D eigenvalue weighted by atomic mass is 9.96. The maximum absolute atomic E-state index is 12.2. The van der Waals surface area contributed by atoms with Gasteiger partial charge in [-0.25, -0.2) is 13.1 Å². The van der Waals surface area contributed by atoms with Crippen LogP contribution in [-0.2, 0) is 10.0 Å². The van der Waals surface area contributed by atoms with Crippen molar-refractivity contribution >= 4 is 27.5 Å². The molecule has 1 amide bonds. The lowest BCUT2D eigenvalue weighted by Crippen LogP contribution is -2.45. The molecule has 8 heteroatoms. The zero-order valence-electron chi connectivity index (χ0n) is 16.3. The fourth-order valence-electron chi connectivity index (χ4n) is 2.94. The SMILES string of the molecule is CC(C)(C)S(=O)(=O)NCCN1CCC(CNC(=O)c2cccc(Cl)c2)CC1. The number of carbonyl (C=O) groups excluding carboxylic acids is 1. The molecule has 0 atom stereocenters. The van der Waals surface area contributed by atoms with Crippen LogP contribution in [-0.4, -0.2) is 56.7 Å². The van der Waals surface area contributed by atoms with Gasteiger partial charge in [-0.1, -0.05) is 17.7 Å². The molecule has 0 spiro atoms. The molecule has 2 N–H and O–H groups in total. The first-order chi connectivity index (χ1) is 12.6. The van der Waals surface area contributed by atoms with Crippen molar-refractivity contribution < 1.29 is 13.2 Å². The Bertz CT molecular complexity index is 739. The number of nitrogens with one attached hydrogen (secondary N) is 2. The van der Waals surface area contributed by atoms with E-state index < -0.39 is 14.8 Å². The molecule has 0 aliphatic carbocycles. The summed E-state index contributed by atoms with van der Waals surface area (Å²) in [7, 11) is -3.29. The van der Waals surface area contributed by atoms with Gasteiger partial charge >= 0.3 is 0 Å². The summed E-state index contributed by atoms with van der Waals surface area (Å²) in [5, 5.41) is 3.54. The summed E-state index contributed by atoms with van der Waals surface area (Å²) < 4.78 is 26.0. The van der Waals surface area contributed by atoms with Gasteiger partial charge < -0.3 is 10.2 Å². The Kier molecular flexibility index (Phi) is 7.68. The molecule has 1 aromatic carbocycles. The minimum Gasteiger partial charge on any atom is -0.352 e. The predicted molar refractivity (Wildman–Crippen MR) is 110 cm³/mol. The van der Waals surface area contributed by atoms with Crippen molar-refractivity contribution in [3.05, 3.63) is 34.9 Å². The number of halogens is 1. The lowest BCUT2D eigenvalue weighted by Gasteiger charge is -2.32. The standard InChI is InChI=1S/C19H30ClN3O3S/c1-19(2,3)27(25,26)22-9-12-23-10-7-15(8-11-23)14-21-18(24)16-5-4-6-17(20)13-16/h4-6,13,15,22H,7-12,14H2,1-3H3,(H,21,24). The van der Waals surface area contributed by atoms with Crippen LogP contribution in [0.15, 0.2) is 24.3 Å². The van der Waals surface area contributed by atoms with Crippen LogP contribution in [0.25, 0.3) is 0 Å². The highest BCUT2D eigenvalue weighted by atomic mass is 35.5. The van der Waals surface area contributed by atoms with Crippen LogP contribution in [0.3, 0.4) is 0 Å². The molecular formula is C19H30ClN3O3S. The number of likely N-dealkylation sites (tertiary alicyclic amines) is 1. The topological polar surface area (TPSA) is 78.5 Å². The Labute approximate surface area is 167 Å². The number of amides is 1. The summed E-state index contributed by atoms with van der Waals surface area (Å²) in [6.45, 7) is 8.68. The van der Waals surface area contributed by atoms with E-state index in [9.17, 15) is 13.2 Å². The van der Waals surface area contributed by atoms with Gasteiger partial charge in [0.2, 0.25) is 10.0 Å². The van der Waals surface area contributed by atoms with Gasteiger partial charge in [0.15, 0.2) is 0 Å². The summed E-state index contributed by atoms with van der Waals surface area (Å²) in [6.07, 6.45) is 1.98. The number of sulfonamides is 1.